The van der Waals surface area contributed by atoms with Crippen molar-refractivity contribution in [3.63, 3.8) is 0 Å². The molecule has 2 aliphatic rings. The summed E-state index contributed by atoms with van der Waals surface area (Å²) in [5, 5.41) is 18.5. The summed E-state index contributed by atoms with van der Waals surface area (Å²) in [4.78, 5) is 10.6. The zero-order valence-corrected chi connectivity index (χ0v) is 16.9. The number of rotatable bonds is 3. The van der Waals surface area contributed by atoms with Crippen molar-refractivity contribution < 1.29 is 9.66 Å². The van der Waals surface area contributed by atoms with Crippen molar-refractivity contribution in [3.05, 3.63) is 104 Å². The standard InChI is InChI=1S/C23H18ClN3O3/c1-14-2-4-15(5-3-14)20-13-21-19-12-17(24)8-11-22(19)30-23(26(21)25-20)16-6-9-18(10-7-16)27(28)29/h2-12,21,23H,13H2,1H3/t21-,23+/m1/s1. The van der Waals surface area contributed by atoms with E-state index < -0.39 is 11.2 Å². The van der Waals surface area contributed by atoms with Gasteiger partial charge in [0.05, 0.1) is 16.7 Å². The number of hydrogen-bond acceptors (Lipinski definition) is 5. The Hall–Kier alpha value is -3.38. The van der Waals surface area contributed by atoms with Crippen molar-refractivity contribution >= 4 is 23.0 Å². The number of nitro benzene ring substituents is 1. The molecule has 0 unspecified atom stereocenters. The molecule has 0 aromatic heterocycles. The second-order valence-corrected chi connectivity index (χ2v) is 7.95. The third-order valence-electron chi connectivity index (χ3n) is 5.53. The van der Waals surface area contributed by atoms with Gasteiger partial charge in [-0.1, -0.05) is 41.4 Å². The van der Waals surface area contributed by atoms with Crippen LogP contribution in [0.3, 0.4) is 0 Å². The molecule has 2 atom stereocenters. The first kappa shape index (κ1) is 18.6. The minimum atomic E-state index is -0.479. The maximum atomic E-state index is 11.0. The van der Waals surface area contributed by atoms with Gasteiger partial charge in [-0.05, 0) is 42.8 Å². The molecule has 0 bridgehead atoms. The summed E-state index contributed by atoms with van der Waals surface area (Å²) in [6.45, 7) is 2.06. The molecule has 0 spiro atoms. The molecule has 0 saturated carbocycles. The van der Waals surface area contributed by atoms with E-state index in [2.05, 4.69) is 31.2 Å². The first-order chi connectivity index (χ1) is 14.5. The highest BCUT2D eigenvalue weighted by Gasteiger charge is 2.41. The van der Waals surface area contributed by atoms with Crippen LogP contribution in [0.25, 0.3) is 0 Å². The molecule has 0 amide bonds. The Balaban J connectivity index is 1.57. The second kappa shape index (κ2) is 7.15. The number of halogens is 1. The molecule has 7 heteroatoms. The van der Waals surface area contributed by atoms with Crippen LogP contribution >= 0.6 is 11.6 Å². The third kappa shape index (κ3) is 3.19. The van der Waals surface area contributed by atoms with E-state index in [4.69, 9.17) is 21.4 Å². The molecule has 6 nitrogen and oxygen atoms in total. The van der Waals surface area contributed by atoms with Crippen molar-refractivity contribution in [2.24, 2.45) is 5.10 Å². The van der Waals surface area contributed by atoms with Crippen LogP contribution in [-0.2, 0) is 0 Å². The Morgan fingerprint density at radius 1 is 1.10 bits per heavy atom. The molecule has 0 aliphatic carbocycles. The summed E-state index contributed by atoms with van der Waals surface area (Å²) in [5.41, 5.74) is 5.08. The maximum Gasteiger partial charge on any atom is 0.269 e. The average molecular weight is 420 g/mol. The molecule has 5 rings (SSSR count). The van der Waals surface area contributed by atoms with Crippen molar-refractivity contribution in [1.82, 2.24) is 5.01 Å². The third-order valence-corrected chi connectivity index (χ3v) is 5.76. The SMILES string of the molecule is Cc1ccc(C2=NN3[C@H](C2)c2cc(Cl)ccc2O[C@H]3c2ccc([N+](=O)[O-])cc2)cc1. The first-order valence-electron chi connectivity index (χ1n) is 9.63. The summed E-state index contributed by atoms with van der Waals surface area (Å²) >= 11 is 6.26. The molecule has 0 radical (unpaired) electrons. The maximum absolute atomic E-state index is 11.0. The lowest BCUT2D eigenvalue weighted by Crippen LogP contribution is -2.33. The molecule has 3 aromatic rings. The van der Waals surface area contributed by atoms with E-state index in [-0.39, 0.29) is 11.7 Å². The predicted molar refractivity (Wildman–Crippen MR) is 115 cm³/mol. The fraction of sp³-hybridized carbons (Fsp3) is 0.174. The minimum Gasteiger partial charge on any atom is -0.464 e. The lowest BCUT2D eigenvalue weighted by Gasteiger charge is -2.38. The number of non-ortho nitro benzene ring substituents is 1. The smallest absolute Gasteiger partial charge is 0.269 e. The summed E-state index contributed by atoms with van der Waals surface area (Å²) in [6, 6.07) is 20.3. The lowest BCUT2D eigenvalue weighted by atomic mass is 9.95. The van der Waals surface area contributed by atoms with Gasteiger partial charge in [0.15, 0.2) is 0 Å². The van der Waals surface area contributed by atoms with Crippen molar-refractivity contribution in [3.8, 4) is 5.75 Å². The largest absolute Gasteiger partial charge is 0.464 e. The van der Waals surface area contributed by atoms with Crippen LogP contribution < -0.4 is 4.74 Å². The highest BCUT2D eigenvalue weighted by atomic mass is 35.5. The van der Waals surface area contributed by atoms with E-state index in [1.54, 1.807) is 18.2 Å². The molecular weight excluding hydrogens is 402 g/mol. The summed E-state index contributed by atoms with van der Waals surface area (Å²) in [5.74, 6) is 0.754. The Kier molecular flexibility index (Phi) is 4.44. The van der Waals surface area contributed by atoms with E-state index in [9.17, 15) is 10.1 Å². The normalized spacial score (nSPS) is 19.5. The fourth-order valence-electron chi connectivity index (χ4n) is 3.96. The van der Waals surface area contributed by atoms with E-state index in [0.717, 1.165) is 34.6 Å². The number of ether oxygens (including phenoxy) is 1. The minimum absolute atomic E-state index is 0.0241. The van der Waals surface area contributed by atoms with Gasteiger partial charge in [0.1, 0.15) is 5.75 Å². The van der Waals surface area contributed by atoms with Gasteiger partial charge >= 0.3 is 0 Å². The summed E-state index contributed by atoms with van der Waals surface area (Å²) in [6.07, 6.45) is 0.246. The molecule has 0 fully saturated rings. The van der Waals surface area contributed by atoms with Gasteiger partial charge < -0.3 is 4.74 Å². The molecule has 30 heavy (non-hydrogen) atoms. The Bertz CT molecular complexity index is 1160. The van der Waals surface area contributed by atoms with Crippen LogP contribution in [0.4, 0.5) is 5.69 Å². The van der Waals surface area contributed by atoms with Gasteiger partial charge in [-0.25, -0.2) is 5.01 Å². The molecule has 0 saturated heterocycles. The highest BCUT2D eigenvalue weighted by Crippen LogP contribution is 2.48. The number of hydrogen-bond donors (Lipinski definition) is 0. The van der Waals surface area contributed by atoms with E-state index in [0.29, 0.717) is 5.02 Å². The summed E-state index contributed by atoms with van der Waals surface area (Å²) in [7, 11) is 0. The van der Waals surface area contributed by atoms with Crippen LogP contribution in [0, 0.1) is 17.0 Å². The van der Waals surface area contributed by atoms with Crippen LogP contribution in [-0.4, -0.2) is 15.6 Å². The van der Waals surface area contributed by atoms with Crippen molar-refractivity contribution in [2.45, 2.75) is 25.6 Å². The van der Waals surface area contributed by atoms with E-state index >= 15 is 0 Å². The monoisotopic (exact) mass is 419 g/mol. The Morgan fingerprint density at radius 2 is 1.83 bits per heavy atom. The second-order valence-electron chi connectivity index (χ2n) is 7.51. The van der Waals surface area contributed by atoms with E-state index in [1.165, 1.54) is 17.7 Å². The zero-order valence-electron chi connectivity index (χ0n) is 16.2. The van der Waals surface area contributed by atoms with E-state index in [1.807, 2.05) is 17.1 Å². The molecule has 0 N–H and O–H groups in total. The van der Waals surface area contributed by atoms with Crippen LogP contribution in [0.5, 0.6) is 5.75 Å². The molecular formula is C23H18ClN3O3. The molecule has 3 aromatic carbocycles. The van der Waals surface area contributed by atoms with Gasteiger partial charge in [0.25, 0.3) is 5.69 Å². The number of fused-ring (bicyclic) bond motifs is 3. The highest BCUT2D eigenvalue weighted by molar-refractivity contribution is 6.30. The zero-order chi connectivity index (χ0) is 20.8. The first-order valence-corrected chi connectivity index (χ1v) is 10.0. The summed E-state index contributed by atoms with van der Waals surface area (Å²) < 4.78 is 6.28. The van der Waals surface area contributed by atoms with Gasteiger partial charge in [0.2, 0.25) is 6.23 Å². The number of nitrogens with zero attached hydrogens (tertiary/aromatic N) is 3. The Morgan fingerprint density at radius 3 is 2.53 bits per heavy atom. The number of benzene rings is 3. The number of nitro groups is 1. The van der Waals surface area contributed by atoms with Crippen molar-refractivity contribution in [1.29, 1.82) is 0 Å². The molecule has 2 aliphatic heterocycles. The lowest BCUT2D eigenvalue weighted by molar-refractivity contribution is -0.384. The number of hydrazone groups is 1. The van der Waals surface area contributed by atoms with Gasteiger partial charge in [0, 0.05) is 34.7 Å². The van der Waals surface area contributed by atoms with Crippen LogP contribution in [0.2, 0.25) is 5.02 Å². The quantitative estimate of drug-likeness (QED) is 0.397. The predicted octanol–water partition coefficient (Wildman–Crippen LogP) is 5.80. The van der Waals surface area contributed by atoms with Gasteiger partial charge in [-0.2, -0.15) is 5.10 Å². The topological polar surface area (TPSA) is 68.0 Å². The van der Waals surface area contributed by atoms with Crippen molar-refractivity contribution in [2.75, 3.05) is 0 Å². The molecule has 150 valence electrons. The van der Waals surface area contributed by atoms with Gasteiger partial charge in [-0.3, -0.25) is 10.1 Å². The number of aryl methyl sites for hydroxylation is 1. The van der Waals surface area contributed by atoms with Gasteiger partial charge in [-0.15, -0.1) is 0 Å². The Labute approximate surface area is 178 Å². The molecule has 2 heterocycles. The fourth-order valence-corrected chi connectivity index (χ4v) is 4.14. The van der Waals surface area contributed by atoms with Crippen LogP contribution in [0.1, 0.15) is 40.9 Å². The van der Waals surface area contributed by atoms with Crippen LogP contribution in [0.15, 0.2) is 71.8 Å². The average Bonchev–Trinajstić information content (AvgIpc) is 3.19.